The van der Waals surface area contributed by atoms with Crippen LogP contribution in [0.2, 0.25) is 0 Å². The molecule has 1 aromatic heterocycles. The van der Waals surface area contributed by atoms with E-state index in [1.54, 1.807) is 12.4 Å². The third-order valence-electron chi connectivity index (χ3n) is 4.50. The number of carbonyl (C=O) groups excluding carboxylic acids is 2. The van der Waals surface area contributed by atoms with Gasteiger partial charge in [-0.2, -0.15) is 0 Å². The van der Waals surface area contributed by atoms with Crippen molar-refractivity contribution in [3.8, 4) is 0 Å². The number of carbonyl (C=O) groups is 2. The first-order chi connectivity index (χ1) is 11.4. The Kier molecular flexibility index (Phi) is 4.54. The molecule has 24 heavy (non-hydrogen) atoms. The monoisotopic (exact) mass is 332 g/mol. The first kappa shape index (κ1) is 16.8. The van der Waals surface area contributed by atoms with Gasteiger partial charge in [0.15, 0.2) is 0 Å². The highest BCUT2D eigenvalue weighted by Crippen LogP contribution is 2.26. The van der Waals surface area contributed by atoms with Gasteiger partial charge in [0.25, 0.3) is 5.91 Å². The summed E-state index contributed by atoms with van der Waals surface area (Å²) in [7, 11) is 0. The van der Waals surface area contributed by atoms with Gasteiger partial charge in [-0.1, -0.05) is 20.8 Å². The molecule has 0 bridgehead atoms. The van der Waals surface area contributed by atoms with Crippen molar-refractivity contribution in [1.82, 2.24) is 15.3 Å². The van der Waals surface area contributed by atoms with E-state index >= 15 is 0 Å². The van der Waals surface area contributed by atoms with Gasteiger partial charge in [0, 0.05) is 18.6 Å². The summed E-state index contributed by atoms with van der Waals surface area (Å²) in [6.45, 7) is 7.50. The van der Waals surface area contributed by atoms with Gasteiger partial charge in [-0.3, -0.25) is 4.79 Å². The van der Waals surface area contributed by atoms with E-state index in [0.717, 1.165) is 31.0 Å². The summed E-state index contributed by atoms with van der Waals surface area (Å²) in [5, 5.41) is 2.79. The Morgan fingerprint density at radius 2 is 1.83 bits per heavy atom. The molecule has 2 aliphatic heterocycles. The molecule has 3 rings (SSSR count). The molecule has 2 saturated heterocycles. The number of hydrogen-bond donors (Lipinski definition) is 1. The zero-order valence-electron chi connectivity index (χ0n) is 14.4. The summed E-state index contributed by atoms with van der Waals surface area (Å²) in [6.07, 6.45) is 5.61. The number of amides is 3. The smallest absolute Gasteiger partial charge is 0.329 e. The van der Waals surface area contributed by atoms with Crippen LogP contribution < -0.4 is 10.2 Å². The highest BCUT2D eigenvalue weighted by Gasteiger charge is 2.40. The maximum atomic E-state index is 12.6. The van der Waals surface area contributed by atoms with E-state index in [0.29, 0.717) is 23.9 Å². The molecule has 7 heteroatoms. The molecule has 0 aliphatic carbocycles. The van der Waals surface area contributed by atoms with Crippen molar-refractivity contribution in [2.45, 2.75) is 51.5 Å². The Hall–Kier alpha value is -2.02. The molecule has 130 valence electrons. The van der Waals surface area contributed by atoms with Crippen LogP contribution in [0.15, 0.2) is 12.4 Å². The molecule has 0 saturated carbocycles. The van der Waals surface area contributed by atoms with Crippen LogP contribution in [0.25, 0.3) is 0 Å². The number of hydrogen-bond acceptors (Lipinski definition) is 5. The average molecular weight is 332 g/mol. The van der Waals surface area contributed by atoms with E-state index in [4.69, 9.17) is 4.74 Å². The first-order valence-electron chi connectivity index (χ1n) is 8.41. The zero-order chi connectivity index (χ0) is 17.3. The van der Waals surface area contributed by atoms with Gasteiger partial charge in [0.1, 0.15) is 11.9 Å². The number of imide groups is 1. The van der Waals surface area contributed by atoms with Crippen molar-refractivity contribution in [2.24, 2.45) is 5.92 Å². The normalized spacial score (nSPS) is 22.8. The molecule has 2 aliphatic rings. The van der Waals surface area contributed by atoms with Crippen molar-refractivity contribution in [1.29, 1.82) is 0 Å². The number of ether oxygens (including phenoxy) is 1. The van der Waals surface area contributed by atoms with E-state index in [-0.39, 0.29) is 11.3 Å². The van der Waals surface area contributed by atoms with Crippen LogP contribution >= 0.6 is 0 Å². The second-order valence-electron chi connectivity index (χ2n) is 7.48. The predicted octanol–water partition coefficient (Wildman–Crippen LogP) is 2.02. The summed E-state index contributed by atoms with van der Waals surface area (Å²) in [4.78, 5) is 34.6. The van der Waals surface area contributed by atoms with Gasteiger partial charge in [-0.25, -0.2) is 19.7 Å². The number of rotatable bonds is 3. The van der Waals surface area contributed by atoms with Crippen LogP contribution in [0.3, 0.4) is 0 Å². The number of nitrogens with one attached hydrogen (secondary N) is 1. The van der Waals surface area contributed by atoms with Gasteiger partial charge in [-0.05, 0) is 25.2 Å². The van der Waals surface area contributed by atoms with Crippen LogP contribution in [0.1, 0.15) is 45.9 Å². The zero-order valence-corrected chi connectivity index (χ0v) is 14.4. The van der Waals surface area contributed by atoms with E-state index < -0.39 is 12.1 Å². The lowest BCUT2D eigenvalue weighted by Gasteiger charge is -2.23. The van der Waals surface area contributed by atoms with Crippen LogP contribution in [0.5, 0.6) is 0 Å². The Morgan fingerprint density at radius 1 is 1.21 bits per heavy atom. The summed E-state index contributed by atoms with van der Waals surface area (Å²) in [6, 6.07) is -0.868. The lowest BCUT2D eigenvalue weighted by Crippen LogP contribution is -2.33. The second kappa shape index (κ2) is 6.47. The fourth-order valence-electron chi connectivity index (χ4n) is 3.07. The Bertz CT molecular complexity index is 618. The highest BCUT2D eigenvalue weighted by atomic mass is 16.5. The van der Waals surface area contributed by atoms with E-state index in [9.17, 15) is 9.59 Å². The minimum atomic E-state index is -0.470. The van der Waals surface area contributed by atoms with Gasteiger partial charge in [0.05, 0.1) is 18.1 Å². The van der Waals surface area contributed by atoms with Crippen molar-refractivity contribution in [2.75, 3.05) is 18.1 Å². The lowest BCUT2D eigenvalue weighted by atomic mass is 9.92. The average Bonchev–Trinajstić information content (AvgIpc) is 2.82. The fourth-order valence-corrected chi connectivity index (χ4v) is 3.07. The molecule has 0 aromatic carbocycles. The third kappa shape index (κ3) is 3.40. The van der Waals surface area contributed by atoms with Crippen molar-refractivity contribution in [3.05, 3.63) is 18.2 Å². The summed E-state index contributed by atoms with van der Waals surface area (Å²) in [5.41, 5.74) is 0.237. The van der Waals surface area contributed by atoms with Gasteiger partial charge in [-0.15, -0.1) is 0 Å². The number of aromatic nitrogens is 2. The molecule has 3 amide bonds. The molecule has 3 heterocycles. The predicted molar refractivity (Wildman–Crippen MR) is 88.7 cm³/mol. The van der Waals surface area contributed by atoms with E-state index in [1.165, 1.54) is 0 Å². The van der Waals surface area contributed by atoms with E-state index in [1.807, 2.05) is 20.8 Å². The first-order valence-corrected chi connectivity index (χ1v) is 8.41. The van der Waals surface area contributed by atoms with Gasteiger partial charge >= 0.3 is 6.03 Å². The second-order valence-corrected chi connectivity index (χ2v) is 7.48. The Labute approximate surface area is 141 Å². The molecule has 1 unspecified atom stereocenters. The number of anilines is 1. The molecule has 2 fully saturated rings. The van der Waals surface area contributed by atoms with Crippen molar-refractivity contribution >= 4 is 17.6 Å². The third-order valence-corrected chi connectivity index (χ3v) is 4.50. The molecule has 0 radical (unpaired) electrons. The number of urea groups is 1. The Morgan fingerprint density at radius 3 is 2.42 bits per heavy atom. The molecule has 1 aromatic rings. The quantitative estimate of drug-likeness (QED) is 0.856. The molecule has 1 atom stereocenters. The van der Waals surface area contributed by atoms with Gasteiger partial charge in [0.2, 0.25) is 0 Å². The maximum absolute atomic E-state index is 12.6. The summed E-state index contributed by atoms with van der Waals surface area (Å²) in [5.74, 6) is 0.864. The lowest BCUT2D eigenvalue weighted by molar-refractivity contribution is -0.118. The Balaban J connectivity index is 1.71. The van der Waals surface area contributed by atoms with Crippen LogP contribution in [-0.4, -0.2) is 41.2 Å². The van der Waals surface area contributed by atoms with Crippen molar-refractivity contribution in [3.63, 3.8) is 0 Å². The molecule has 0 spiro atoms. The van der Waals surface area contributed by atoms with Crippen LogP contribution in [0.4, 0.5) is 10.5 Å². The number of nitrogens with zero attached hydrogens (tertiary/aromatic N) is 3. The molecular formula is C17H24N4O3. The molecule has 7 nitrogen and oxygen atoms in total. The molecular weight excluding hydrogens is 308 g/mol. The summed E-state index contributed by atoms with van der Waals surface area (Å²) >= 11 is 0. The SMILES string of the molecule is CC(C)(C)c1ncc(N2C(=O)NC(CC3CCOCC3)C2=O)cn1. The minimum Gasteiger partial charge on any atom is -0.381 e. The molecule has 1 N–H and O–H groups in total. The van der Waals surface area contributed by atoms with Crippen LogP contribution in [0, 0.1) is 5.92 Å². The van der Waals surface area contributed by atoms with Crippen LogP contribution in [-0.2, 0) is 14.9 Å². The largest absolute Gasteiger partial charge is 0.381 e. The van der Waals surface area contributed by atoms with E-state index in [2.05, 4.69) is 15.3 Å². The standard InChI is InChI=1S/C17H24N4O3/c1-17(2,3)15-18-9-12(10-19-15)21-14(22)13(20-16(21)23)8-11-4-6-24-7-5-11/h9-11,13H,4-8H2,1-3H3,(H,20,23). The fraction of sp³-hybridized carbons (Fsp3) is 0.647. The minimum absolute atomic E-state index is 0.179. The topological polar surface area (TPSA) is 84.4 Å². The highest BCUT2D eigenvalue weighted by molar-refractivity contribution is 6.21. The summed E-state index contributed by atoms with van der Waals surface area (Å²) < 4.78 is 5.34. The maximum Gasteiger partial charge on any atom is 0.329 e. The van der Waals surface area contributed by atoms with Crippen molar-refractivity contribution < 1.29 is 14.3 Å². The van der Waals surface area contributed by atoms with Gasteiger partial charge < -0.3 is 10.1 Å².